The number of phenolic OH excluding ortho intramolecular Hbond substituents is 1. The third-order valence-corrected chi connectivity index (χ3v) is 3.43. The van der Waals surface area contributed by atoms with Gasteiger partial charge in [-0.3, -0.25) is 4.90 Å². The van der Waals surface area contributed by atoms with Crippen molar-refractivity contribution in [1.82, 2.24) is 4.90 Å². The molecule has 0 aromatic heterocycles. The molecule has 1 rings (SSSR count). The summed E-state index contributed by atoms with van der Waals surface area (Å²) >= 11 is 0. The maximum Gasteiger partial charge on any atom is 0.160 e. The molecule has 1 atom stereocenters. The second-order valence-corrected chi connectivity index (χ2v) is 4.73. The van der Waals surface area contributed by atoms with E-state index in [1.54, 1.807) is 20.3 Å². The fourth-order valence-electron chi connectivity index (χ4n) is 1.98. The Labute approximate surface area is 115 Å². The highest BCUT2D eigenvalue weighted by Gasteiger charge is 2.13. The topological polar surface area (TPSA) is 41.9 Å². The third-order valence-electron chi connectivity index (χ3n) is 3.43. The predicted octanol–water partition coefficient (Wildman–Crippen LogP) is 2.65. The summed E-state index contributed by atoms with van der Waals surface area (Å²) in [6.45, 7) is 6.85. The first-order valence-corrected chi connectivity index (χ1v) is 6.71. The van der Waals surface area contributed by atoms with Gasteiger partial charge >= 0.3 is 0 Å². The summed E-state index contributed by atoms with van der Waals surface area (Å²) < 4.78 is 10.3. The van der Waals surface area contributed by atoms with E-state index in [2.05, 4.69) is 18.7 Å². The van der Waals surface area contributed by atoms with Crippen LogP contribution in [0.2, 0.25) is 0 Å². The smallest absolute Gasteiger partial charge is 0.160 e. The van der Waals surface area contributed by atoms with Crippen molar-refractivity contribution in [3.8, 4) is 11.5 Å². The molecule has 0 fully saturated rings. The molecule has 1 N–H and O–H groups in total. The van der Waals surface area contributed by atoms with Gasteiger partial charge in [-0.15, -0.1) is 0 Å². The van der Waals surface area contributed by atoms with Gasteiger partial charge in [-0.1, -0.05) is 13.0 Å². The first-order valence-electron chi connectivity index (χ1n) is 6.71. The Bertz CT molecular complexity index is 382. The van der Waals surface area contributed by atoms with Crippen molar-refractivity contribution in [3.63, 3.8) is 0 Å². The minimum absolute atomic E-state index is 0.179. The number of hydrogen-bond acceptors (Lipinski definition) is 4. The molecule has 19 heavy (non-hydrogen) atoms. The minimum atomic E-state index is 0.179. The number of rotatable bonds is 8. The first kappa shape index (κ1) is 15.8. The molecule has 4 nitrogen and oxygen atoms in total. The summed E-state index contributed by atoms with van der Waals surface area (Å²) in [5.74, 6) is 0.701. The summed E-state index contributed by atoms with van der Waals surface area (Å²) in [4.78, 5) is 2.37. The number of methoxy groups -OCH3 is 2. The Morgan fingerprint density at radius 3 is 2.63 bits per heavy atom. The lowest BCUT2D eigenvalue weighted by Crippen LogP contribution is -2.34. The highest BCUT2D eigenvalue weighted by molar-refractivity contribution is 5.41. The average Bonchev–Trinajstić information content (AvgIpc) is 2.44. The largest absolute Gasteiger partial charge is 0.504 e. The highest BCUT2D eigenvalue weighted by Crippen LogP contribution is 2.27. The van der Waals surface area contributed by atoms with Crippen LogP contribution in [0.1, 0.15) is 25.8 Å². The zero-order chi connectivity index (χ0) is 14.3. The maximum atomic E-state index is 9.61. The lowest BCUT2D eigenvalue weighted by Gasteiger charge is -2.28. The second kappa shape index (κ2) is 8.02. The number of ether oxygens (including phenoxy) is 2. The maximum absolute atomic E-state index is 9.61. The van der Waals surface area contributed by atoms with Gasteiger partial charge in [0, 0.05) is 26.2 Å². The van der Waals surface area contributed by atoms with Crippen molar-refractivity contribution in [2.75, 3.05) is 27.4 Å². The van der Waals surface area contributed by atoms with Gasteiger partial charge in [0.2, 0.25) is 0 Å². The van der Waals surface area contributed by atoms with Crippen molar-refractivity contribution in [3.05, 3.63) is 23.8 Å². The van der Waals surface area contributed by atoms with Gasteiger partial charge in [0.25, 0.3) is 0 Å². The molecule has 0 aliphatic carbocycles. The zero-order valence-electron chi connectivity index (χ0n) is 12.3. The molecule has 1 unspecified atom stereocenters. The van der Waals surface area contributed by atoms with E-state index in [-0.39, 0.29) is 5.75 Å². The fraction of sp³-hybridized carbons (Fsp3) is 0.600. The van der Waals surface area contributed by atoms with Crippen LogP contribution < -0.4 is 4.74 Å². The average molecular weight is 267 g/mol. The van der Waals surface area contributed by atoms with Crippen LogP contribution in [-0.4, -0.2) is 43.4 Å². The number of hydrogen-bond donors (Lipinski definition) is 1. The normalized spacial score (nSPS) is 12.7. The van der Waals surface area contributed by atoms with E-state index in [1.165, 1.54) is 0 Å². The first-order chi connectivity index (χ1) is 9.12. The van der Waals surface area contributed by atoms with Crippen molar-refractivity contribution >= 4 is 0 Å². The lowest BCUT2D eigenvalue weighted by molar-refractivity contribution is 0.118. The summed E-state index contributed by atoms with van der Waals surface area (Å²) in [7, 11) is 3.29. The molecule has 0 saturated carbocycles. The van der Waals surface area contributed by atoms with E-state index in [4.69, 9.17) is 9.47 Å². The van der Waals surface area contributed by atoms with Crippen LogP contribution in [0, 0.1) is 0 Å². The van der Waals surface area contributed by atoms with Gasteiger partial charge in [0.15, 0.2) is 11.5 Å². The molecule has 4 heteroatoms. The quantitative estimate of drug-likeness (QED) is 0.786. The summed E-state index contributed by atoms with van der Waals surface area (Å²) in [5, 5.41) is 9.61. The number of benzene rings is 1. The van der Waals surface area contributed by atoms with Gasteiger partial charge in [0.1, 0.15) is 0 Å². The van der Waals surface area contributed by atoms with Crippen LogP contribution in [0.15, 0.2) is 18.2 Å². The van der Waals surface area contributed by atoms with Crippen molar-refractivity contribution in [2.45, 2.75) is 32.9 Å². The fourth-order valence-corrected chi connectivity index (χ4v) is 1.98. The number of aromatic hydroxyl groups is 1. The molecular weight excluding hydrogens is 242 g/mol. The highest BCUT2D eigenvalue weighted by atomic mass is 16.5. The van der Waals surface area contributed by atoms with Crippen LogP contribution in [0.4, 0.5) is 0 Å². The monoisotopic (exact) mass is 267 g/mol. The summed E-state index contributed by atoms with van der Waals surface area (Å²) in [5.41, 5.74) is 1.13. The Morgan fingerprint density at radius 2 is 2.05 bits per heavy atom. The molecule has 0 bridgehead atoms. The van der Waals surface area contributed by atoms with Crippen LogP contribution >= 0.6 is 0 Å². The van der Waals surface area contributed by atoms with Crippen LogP contribution in [0.25, 0.3) is 0 Å². The van der Waals surface area contributed by atoms with E-state index < -0.39 is 0 Å². The second-order valence-electron chi connectivity index (χ2n) is 4.73. The molecule has 0 radical (unpaired) electrons. The molecule has 0 aliphatic rings. The SMILES string of the molecule is CCC(C)N(CCOC)Cc1ccc(O)c(OC)c1. The van der Waals surface area contributed by atoms with E-state index >= 15 is 0 Å². The molecule has 0 saturated heterocycles. The number of phenols is 1. The molecule has 1 aromatic rings. The van der Waals surface area contributed by atoms with E-state index in [0.717, 1.165) is 31.7 Å². The standard InChI is InChI=1S/C15H25NO3/c1-5-12(2)16(8-9-18-3)11-13-6-7-14(17)15(10-13)19-4/h6-7,10,12,17H,5,8-9,11H2,1-4H3. The van der Waals surface area contributed by atoms with Gasteiger partial charge in [-0.2, -0.15) is 0 Å². The van der Waals surface area contributed by atoms with Crippen molar-refractivity contribution in [1.29, 1.82) is 0 Å². The third kappa shape index (κ3) is 4.73. The van der Waals surface area contributed by atoms with E-state index in [9.17, 15) is 5.11 Å². The van der Waals surface area contributed by atoms with Gasteiger partial charge < -0.3 is 14.6 Å². The zero-order valence-corrected chi connectivity index (χ0v) is 12.3. The molecule has 0 aliphatic heterocycles. The van der Waals surface area contributed by atoms with E-state index in [0.29, 0.717) is 11.8 Å². The predicted molar refractivity (Wildman–Crippen MR) is 76.7 cm³/mol. The van der Waals surface area contributed by atoms with Gasteiger partial charge in [-0.25, -0.2) is 0 Å². The molecular formula is C15H25NO3. The van der Waals surface area contributed by atoms with Crippen LogP contribution in [0.3, 0.4) is 0 Å². The van der Waals surface area contributed by atoms with E-state index in [1.807, 2.05) is 12.1 Å². The van der Waals surface area contributed by atoms with Gasteiger partial charge in [-0.05, 0) is 31.0 Å². The molecule has 0 heterocycles. The van der Waals surface area contributed by atoms with Crippen LogP contribution in [-0.2, 0) is 11.3 Å². The molecule has 0 spiro atoms. The van der Waals surface area contributed by atoms with Crippen LogP contribution in [0.5, 0.6) is 11.5 Å². The Morgan fingerprint density at radius 1 is 1.32 bits per heavy atom. The summed E-state index contributed by atoms with van der Waals surface area (Å²) in [6, 6.07) is 5.99. The van der Waals surface area contributed by atoms with Crippen molar-refractivity contribution in [2.24, 2.45) is 0 Å². The molecule has 108 valence electrons. The Hall–Kier alpha value is -1.26. The Kier molecular flexibility index (Phi) is 6.67. The summed E-state index contributed by atoms with van der Waals surface area (Å²) in [6.07, 6.45) is 1.10. The van der Waals surface area contributed by atoms with Gasteiger partial charge in [0.05, 0.1) is 13.7 Å². The Balaban J connectivity index is 2.77. The molecule has 0 amide bonds. The van der Waals surface area contributed by atoms with Crippen molar-refractivity contribution < 1.29 is 14.6 Å². The number of nitrogens with zero attached hydrogens (tertiary/aromatic N) is 1. The lowest BCUT2D eigenvalue weighted by atomic mass is 10.1. The molecule has 1 aromatic carbocycles. The minimum Gasteiger partial charge on any atom is -0.504 e.